The number of hydrogen-bond donors (Lipinski definition) is 4. The third-order valence-electron chi connectivity index (χ3n) is 38.1. The molecule has 6 spiro atoms. The van der Waals surface area contributed by atoms with Crippen molar-refractivity contribution in [3.63, 3.8) is 0 Å². The number of nitrogens with one attached hydrogen (secondary N) is 1. The summed E-state index contributed by atoms with van der Waals surface area (Å²) >= 11 is 0. The number of alkyl carbamates (subject to hydrolysis) is 1. The molecule has 6 aromatic carbocycles. The molecule has 0 aromatic heterocycles. The number of rotatable bonds is 7. The Morgan fingerprint density at radius 3 is 0.898 bits per heavy atom. The quantitative estimate of drug-likeness (QED) is 0.0852. The highest BCUT2D eigenvalue weighted by Crippen LogP contribution is 2.67. The van der Waals surface area contributed by atoms with Crippen LogP contribution in [-0.4, -0.2) is 164 Å². The fourth-order valence-corrected chi connectivity index (χ4v) is 33.0. The molecule has 732 valence electrons. The monoisotopic (exact) mass is 1870 g/mol. The maximum Gasteiger partial charge on any atom is 0.407 e. The predicted octanol–water partition coefficient (Wildman–Crippen LogP) is 15.7. The van der Waals surface area contributed by atoms with Crippen LogP contribution in [0.25, 0.3) is 0 Å². The topological polar surface area (TPSA) is 325 Å². The molecule has 12 heterocycles. The average molecular weight is 1870 g/mol. The van der Waals surface area contributed by atoms with Gasteiger partial charge in [-0.2, -0.15) is 0 Å². The zero-order valence-electron chi connectivity index (χ0n) is 83.7. The molecule has 0 bridgehead atoms. The Morgan fingerprint density at radius 2 is 0.606 bits per heavy atom. The molecule has 24 nitrogen and oxygen atoms in total. The number of nitro groups is 2. The molecule has 24 rings (SSSR count). The summed E-state index contributed by atoms with van der Waals surface area (Å²) in [7, 11) is 0. The Labute approximate surface area is 809 Å². The maximum atomic E-state index is 12.8. The molecule has 137 heavy (non-hydrogen) atoms. The van der Waals surface area contributed by atoms with E-state index in [1.165, 1.54) is 100 Å². The van der Waals surface area contributed by atoms with Gasteiger partial charge in [0.1, 0.15) is 5.60 Å². The third kappa shape index (κ3) is 15.4. The molecule has 6 saturated carbocycles. The summed E-state index contributed by atoms with van der Waals surface area (Å²) < 4.78 is 5.49. The van der Waals surface area contributed by atoms with Gasteiger partial charge < -0.3 is 56.7 Å². The van der Waals surface area contributed by atoms with Crippen molar-refractivity contribution < 1.29 is 48.1 Å². The summed E-state index contributed by atoms with van der Waals surface area (Å²) in [5.41, 5.74) is 41.0. The van der Waals surface area contributed by atoms with Crippen LogP contribution in [0.15, 0.2) is 109 Å². The highest BCUT2D eigenvalue weighted by molar-refractivity contribution is 5.86. The maximum absolute atomic E-state index is 12.8. The van der Waals surface area contributed by atoms with E-state index in [4.69, 9.17) is 21.9 Å². The third-order valence-corrected chi connectivity index (χ3v) is 38.1. The molecule has 12 aliphatic heterocycles. The zero-order chi connectivity index (χ0) is 97.3. The predicted molar refractivity (Wildman–Crippen MR) is 527 cm³/mol. The van der Waals surface area contributed by atoms with Gasteiger partial charge in [0.05, 0.1) is 33.2 Å². The average Bonchev–Trinajstić information content (AvgIpc) is 1.52. The van der Waals surface area contributed by atoms with E-state index in [2.05, 4.69) is 222 Å². The Bertz CT molecular complexity index is 5850. The summed E-state index contributed by atoms with van der Waals surface area (Å²) in [6.07, 6.45) is 16.8. The number of hydrogen-bond acceptors (Lipinski definition) is 15. The number of nitrogens with zero attached hydrogens (tertiary/aromatic N) is 8. The second-order valence-electron chi connectivity index (χ2n) is 46.8. The van der Waals surface area contributed by atoms with Crippen molar-refractivity contribution in [3.8, 4) is 0 Å². The Hall–Kier alpha value is -9.91. The number of ether oxygens (including phenoxy) is 1. The standard InChI is InChI=1S/C22H30N2O3.C19H24N2O3.C19H26N2O.C18H22N2O3.C18H24N2O.C17H22N2O/c1-13-6-7-16-15(10-13)8-9-24-18(25)11-17-19(14(2)12-22(16,17)24)23-20(26)27-21(3,4)5;1-12-5-6-16-14(8-12)4-3-7-20-18(22)9-17-15(11-21(23)24)13(2)10-19(16,17)20;1-12-5-6-16-14(8-12)4-3-7-21-18(22)9-17-15(11-20)13(2)10-19(16,17)21;1-11-3-4-15-13(7-11)5-6-19-17(21)8-16-14(10-20(22)23)12(2)9-18(15,16)19;1-11-3-4-15-13(7-11)5-6-20-17(21)8-16-14(10-19)12(2)9-18(15,16)20;1-10-3-4-13-12(7-10)5-6-19-15(20)8-14-16(18)11(2)9-17(13,14)19/h6-7,10,14,17,19H,8-9,11-12H2,1-5H3,(H,23,26);5-6,8,13,15,17H,3-4,7,9-11H2,1-2H3;5-6,8,13,15,17H,3-4,7,9-11,20H2,1-2H3;3-4,7,12,14,16H,5-6,8-10H2,1-2H3;3-4,7,12,14,16H,5-6,8-10,19H2,1-2H3;3-4,7,11,14,16H,5-6,8-9,18H2,1-2H3/t14-,17-,19+,22-;2*13-,15+,17-,19?;2*12-,14+,16-,18-;11-,14-,16+,17-/m000000/s1. The van der Waals surface area contributed by atoms with Gasteiger partial charge in [-0.05, 0) is 291 Å². The fraction of sp³-hybridized carbons (Fsp3) is 0.619. The second kappa shape index (κ2) is 35.7. The molecular formula is C113H148N12O12. The van der Waals surface area contributed by atoms with E-state index >= 15 is 0 Å². The lowest BCUT2D eigenvalue weighted by molar-refractivity contribution is -0.491. The first kappa shape index (κ1) is 96.0. The van der Waals surface area contributed by atoms with Crippen molar-refractivity contribution in [1.82, 2.24) is 34.7 Å². The van der Waals surface area contributed by atoms with Crippen molar-refractivity contribution in [2.75, 3.05) is 65.4 Å². The van der Waals surface area contributed by atoms with Crippen molar-refractivity contribution in [2.45, 2.75) is 283 Å². The number of amides is 7. The van der Waals surface area contributed by atoms with Crippen LogP contribution >= 0.6 is 0 Å². The van der Waals surface area contributed by atoms with Gasteiger partial charge in [0.15, 0.2) is 0 Å². The van der Waals surface area contributed by atoms with E-state index in [1.54, 1.807) is 0 Å². The number of carbonyl (C=O) groups is 7. The first-order chi connectivity index (χ1) is 65.2. The van der Waals surface area contributed by atoms with E-state index < -0.39 is 5.60 Å². The van der Waals surface area contributed by atoms with Gasteiger partial charge in [-0.25, -0.2) is 4.79 Å². The molecule has 7 N–H and O–H groups in total. The summed E-state index contributed by atoms with van der Waals surface area (Å²) in [6.45, 7) is 38.0. The lowest BCUT2D eigenvalue weighted by atomic mass is 9.74. The van der Waals surface area contributed by atoms with E-state index in [0.717, 1.165) is 129 Å². The molecule has 0 radical (unpaired) electrons. The Morgan fingerprint density at radius 1 is 0.365 bits per heavy atom. The lowest BCUT2D eigenvalue weighted by Crippen LogP contribution is -2.51. The lowest BCUT2D eigenvalue weighted by Gasteiger charge is -2.45. The van der Waals surface area contributed by atoms with Crippen molar-refractivity contribution in [3.05, 3.63) is 230 Å². The fourth-order valence-electron chi connectivity index (χ4n) is 33.0. The molecule has 6 aromatic rings. The van der Waals surface area contributed by atoms with Gasteiger partial charge >= 0.3 is 6.09 Å². The van der Waals surface area contributed by atoms with Crippen molar-refractivity contribution in [1.29, 1.82) is 0 Å². The SMILES string of the molecule is Cc1ccc2c(c1)CCCN1C(=O)C[C@H]3[C@H](CN)[C@@H](C)CC231.Cc1ccc2c(c1)CCCN1C(=O)C[C@H]3[C@H](C[N+](=O)[O-])[C@@H](C)CC231.Cc1ccc2c(c1)CCN1C(=O)C[C@H]3[C@H](CN)[C@@H](C)C[C@]231.Cc1ccc2c(c1)CCN1C(=O)C[C@H]3[C@H](C[N+](=O)[O-])[C@@H](C)C[C@]231.Cc1ccc2c(c1)CCN1C(=O)C[C@H]3[C@H](N)[C@@H](C)C[C@]231.Cc1ccc2c(c1)CCN1C(=O)C[C@H]3[C@H](NC(=O)OC(C)(C)C)[C@@H](C)C[C@]231. The van der Waals surface area contributed by atoms with Gasteiger partial charge in [0.25, 0.3) is 0 Å². The van der Waals surface area contributed by atoms with E-state index in [9.17, 15) is 53.8 Å². The van der Waals surface area contributed by atoms with E-state index in [-0.39, 0.29) is 139 Å². The minimum Gasteiger partial charge on any atom is -0.444 e. The highest BCUT2D eigenvalue weighted by Gasteiger charge is 2.70. The summed E-state index contributed by atoms with van der Waals surface area (Å²) in [5, 5.41) is 25.4. The van der Waals surface area contributed by atoms with Gasteiger partial charge in [-0.1, -0.05) is 184 Å². The normalized spacial score (nSPS) is 35.5. The van der Waals surface area contributed by atoms with Crippen LogP contribution in [-0.2, 0) is 105 Å². The van der Waals surface area contributed by atoms with Crippen LogP contribution in [0.3, 0.4) is 0 Å². The summed E-state index contributed by atoms with van der Waals surface area (Å²) in [6, 6.07) is 40.2. The van der Waals surface area contributed by atoms with E-state index in [0.29, 0.717) is 117 Å². The largest absolute Gasteiger partial charge is 0.444 e. The molecule has 18 aliphatic rings. The van der Waals surface area contributed by atoms with E-state index in [1.807, 2.05) is 25.7 Å². The van der Waals surface area contributed by atoms with Gasteiger partial charge in [-0.15, -0.1) is 0 Å². The molecule has 24 atom stereocenters. The first-order valence-corrected chi connectivity index (χ1v) is 52.0. The van der Waals surface area contributed by atoms with Crippen LogP contribution in [0.5, 0.6) is 0 Å². The van der Waals surface area contributed by atoms with Gasteiger partial charge in [0.2, 0.25) is 48.5 Å². The van der Waals surface area contributed by atoms with Crippen LogP contribution in [0.2, 0.25) is 0 Å². The van der Waals surface area contributed by atoms with Gasteiger partial charge in [-0.3, -0.25) is 49.0 Å². The molecule has 7 amide bonds. The van der Waals surface area contributed by atoms with Crippen LogP contribution in [0.1, 0.15) is 252 Å². The second-order valence-corrected chi connectivity index (χ2v) is 46.8. The minimum atomic E-state index is -0.532. The Balaban J connectivity index is 0.000000105. The highest BCUT2D eigenvalue weighted by atomic mass is 16.6. The van der Waals surface area contributed by atoms with Gasteiger partial charge in [0, 0.05) is 135 Å². The molecule has 6 aliphatic carbocycles. The zero-order valence-corrected chi connectivity index (χ0v) is 83.7. The smallest absolute Gasteiger partial charge is 0.407 e. The molecule has 2 unspecified atom stereocenters. The van der Waals surface area contributed by atoms with Crippen LogP contribution in [0, 0.1) is 156 Å². The minimum absolute atomic E-state index is 0.00815. The summed E-state index contributed by atoms with van der Waals surface area (Å²) in [4.78, 5) is 123. The van der Waals surface area contributed by atoms with Crippen LogP contribution in [0.4, 0.5) is 4.79 Å². The molecule has 12 fully saturated rings. The number of fused-ring (bicyclic) bond motifs is 6. The molecular weight excluding hydrogens is 1720 g/mol. The molecule has 6 saturated heterocycles. The first-order valence-electron chi connectivity index (χ1n) is 52.0. The number of nitrogens with two attached hydrogens (primary N) is 3. The number of carbonyl (C=O) groups excluding carboxylic acids is 7. The number of aryl methyl sites for hydroxylation is 8. The van der Waals surface area contributed by atoms with Crippen molar-refractivity contribution >= 4 is 41.5 Å². The Kier molecular flexibility index (Phi) is 25.0. The molecule has 24 heteroatoms. The van der Waals surface area contributed by atoms with Crippen molar-refractivity contribution in [2.24, 2.45) is 112 Å². The summed E-state index contributed by atoms with van der Waals surface area (Å²) in [5.74, 6) is 6.38. The number of benzene rings is 6. The van der Waals surface area contributed by atoms with Crippen LogP contribution < -0.4 is 22.5 Å².